The van der Waals surface area contributed by atoms with E-state index in [2.05, 4.69) is 39.3 Å². The van der Waals surface area contributed by atoms with E-state index in [0.717, 1.165) is 11.5 Å². The van der Waals surface area contributed by atoms with Crippen molar-refractivity contribution in [2.75, 3.05) is 0 Å². The van der Waals surface area contributed by atoms with Gasteiger partial charge in [-0.15, -0.1) is 11.3 Å². The van der Waals surface area contributed by atoms with Crippen molar-refractivity contribution < 1.29 is 0 Å². The molecule has 6 heteroatoms. The zero-order valence-electron chi connectivity index (χ0n) is 9.56. The average molecular weight is 237 g/mol. The Bertz CT molecular complexity index is 436. The lowest BCUT2D eigenvalue weighted by atomic mass is 10.2. The van der Waals surface area contributed by atoms with Crippen LogP contribution in [0.4, 0.5) is 0 Å². The van der Waals surface area contributed by atoms with Crippen molar-refractivity contribution in [2.45, 2.75) is 32.9 Å². The summed E-state index contributed by atoms with van der Waals surface area (Å²) in [5, 5.41) is 10.2. The third-order valence-electron chi connectivity index (χ3n) is 2.52. The van der Waals surface area contributed by atoms with E-state index in [4.69, 9.17) is 0 Å². The third-order valence-corrected chi connectivity index (χ3v) is 3.63. The number of H-pyrrole nitrogens is 1. The Morgan fingerprint density at radius 1 is 1.31 bits per heavy atom. The normalized spacial score (nSPS) is 14.9. The van der Waals surface area contributed by atoms with Crippen LogP contribution in [0.2, 0.25) is 0 Å². The van der Waals surface area contributed by atoms with E-state index in [9.17, 15) is 0 Å². The highest BCUT2D eigenvalue weighted by Crippen LogP contribution is 2.23. The number of rotatable bonds is 4. The molecule has 0 saturated carbocycles. The minimum Gasteiger partial charge on any atom is -0.300 e. The van der Waals surface area contributed by atoms with Crippen LogP contribution in [0.15, 0.2) is 11.8 Å². The van der Waals surface area contributed by atoms with Gasteiger partial charge in [-0.05, 0) is 20.8 Å². The van der Waals surface area contributed by atoms with Crippen LogP contribution in [0.5, 0.6) is 0 Å². The van der Waals surface area contributed by atoms with E-state index in [0.29, 0.717) is 0 Å². The van der Waals surface area contributed by atoms with Crippen molar-refractivity contribution >= 4 is 11.3 Å². The van der Waals surface area contributed by atoms with Crippen molar-refractivity contribution in [3.8, 4) is 0 Å². The highest BCUT2D eigenvalue weighted by Gasteiger charge is 2.15. The molecule has 2 unspecified atom stereocenters. The van der Waals surface area contributed by atoms with Crippen molar-refractivity contribution in [3.05, 3.63) is 28.2 Å². The average Bonchev–Trinajstić information content (AvgIpc) is 2.86. The molecule has 0 spiro atoms. The van der Waals surface area contributed by atoms with Crippen LogP contribution in [-0.4, -0.2) is 20.2 Å². The molecule has 5 nitrogen and oxygen atoms in total. The molecule has 0 radical (unpaired) electrons. The fraction of sp³-hybridized carbons (Fsp3) is 0.500. The summed E-state index contributed by atoms with van der Waals surface area (Å²) >= 11 is 1.68. The molecule has 2 aromatic rings. The summed E-state index contributed by atoms with van der Waals surface area (Å²) in [6.45, 7) is 6.23. The number of hydrogen-bond acceptors (Lipinski definition) is 5. The van der Waals surface area contributed by atoms with Crippen molar-refractivity contribution in [1.29, 1.82) is 0 Å². The summed E-state index contributed by atoms with van der Waals surface area (Å²) in [5.74, 6) is 0.856. The van der Waals surface area contributed by atoms with E-state index in [1.165, 1.54) is 11.2 Å². The second kappa shape index (κ2) is 4.71. The van der Waals surface area contributed by atoms with Gasteiger partial charge in [0.15, 0.2) is 0 Å². The number of aromatic nitrogens is 4. The van der Waals surface area contributed by atoms with E-state index in [-0.39, 0.29) is 12.1 Å². The van der Waals surface area contributed by atoms with Gasteiger partial charge < -0.3 is 5.32 Å². The highest BCUT2D eigenvalue weighted by atomic mass is 32.1. The second-order valence-electron chi connectivity index (χ2n) is 3.78. The van der Waals surface area contributed by atoms with Crippen LogP contribution in [0.1, 0.15) is 42.3 Å². The standard InChI is InChI=1S/C10H15N5S/c1-6-9(16-5-12-6)7(2)14-8(3)10-11-4-13-15-10/h4-5,7-8,14H,1-3H3,(H,11,13,15). The molecule has 2 aromatic heterocycles. The molecule has 0 aliphatic heterocycles. The first-order valence-electron chi connectivity index (χ1n) is 5.19. The third kappa shape index (κ3) is 2.28. The van der Waals surface area contributed by atoms with Crippen molar-refractivity contribution in [2.24, 2.45) is 0 Å². The molecule has 0 saturated heterocycles. The summed E-state index contributed by atoms with van der Waals surface area (Å²) in [6, 6.07) is 0.423. The molecule has 0 aliphatic carbocycles. The fourth-order valence-corrected chi connectivity index (χ4v) is 2.50. The predicted molar refractivity (Wildman–Crippen MR) is 63.2 cm³/mol. The van der Waals surface area contributed by atoms with Crippen LogP contribution in [0.3, 0.4) is 0 Å². The summed E-state index contributed by atoms with van der Waals surface area (Å²) in [5.41, 5.74) is 2.97. The zero-order chi connectivity index (χ0) is 11.5. The van der Waals surface area contributed by atoms with E-state index < -0.39 is 0 Å². The topological polar surface area (TPSA) is 66.5 Å². The van der Waals surface area contributed by atoms with Crippen molar-refractivity contribution in [3.63, 3.8) is 0 Å². The largest absolute Gasteiger partial charge is 0.300 e. The summed E-state index contributed by atoms with van der Waals surface area (Å²) in [4.78, 5) is 9.65. The van der Waals surface area contributed by atoms with Gasteiger partial charge in [-0.3, -0.25) is 5.10 Å². The van der Waals surface area contributed by atoms with Gasteiger partial charge >= 0.3 is 0 Å². The SMILES string of the molecule is Cc1ncsc1C(C)NC(C)c1ncn[nH]1. The lowest BCUT2D eigenvalue weighted by molar-refractivity contribution is 0.480. The van der Waals surface area contributed by atoms with Gasteiger partial charge in [0.05, 0.1) is 17.2 Å². The van der Waals surface area contributed by atoms with Crippen LogP contribution >= 0.6 is 11.3 Å². The van der Waals surface area contributed by atoms with Gasteiger partial charge in [0.25, 0.3) is 0 Å². The Balaban J connectivity index is 2.03. The number of thiazole rings is 1. The predicted octanol–water partition coefficient (Wildman–Crippen LogP) is 1.98. The first-order chi connectivity index (χ1) is 7.68. The van der Waals surface area contributed by atoms with E-state index >= 15 is 0 Å². The maximum Gasteiger partial charge on any atom is 0.141 e. The molecule has 0 amide bonds. The van der Waals surface area contributed by atoms with Crippen molar-refractivity contribution in [1.82, 2.24) is 25.5 Å². The second-order valence-corrected chi connectivity index (χ2v) is 4.67. The van der Waals surface area contributed by atoms with Crippen LogP contribution in [-0.2, 0) is 0 Å². The Labute approximate surface area is 98.3 Å². The summed E-state index contributed by atoms with van der Waals surface area (Å²) in [6.07, 6.45) is 1.52. The summed E-state index contributed by atoms with van der Waals surface area (Å²) in [7, 11) is 0. The molecular weight excluding hydrogens is 222 g/mol. The van der Waals surface area contributed by atoms with Gasteiger partial charge in [-0.1, -0.05) is 0 Å². The number of nitrogens with zero attached hydrogens (tertiary/aromatic N) is 3. The number of aromatic amines is 1. The van der Waals surface area contributed by atoms with Gasteiger partial charge in [-0.25, -0.2) is 9.97 Å². The lowest BCUT2D eigenvalue weighted by Crippen LogP contribution is -2.23. The molecule has 86 valence electrons. The van der Waals surface area contributed by atoms with Crippen LogP contribution in [0.25, 0.3) is 0 Å². The monoisotopic (exact) mass is 237 g/mol. The fourth-order valence-electron chi connectivity index (χ4n) is 1.68. The number of aryl methyl sites for hydroxylation is 1. The molecule has 0 fully saturated rings. The van der Waals surface area contributed by atoms with Gasteiger partial charge in [-0.2, -0.15) is 5.10 Å². The molecule has 0 aromatic carbocycles. The minimum atomic E-state index is 0.152. The van der Waals surface area contributed by atoms with Gasteiger partial charge in [0, 0.05) is 10.9 Å². The molecule has 2 atom stereocenters. The maximum absolute atomic E-state index is 4.25. The molecule has 2 heterocycles. The Morgan fingerprint density at radius 2 is 2.12 bits per heavy atom. The molecular formula is C10H15N5S. The first-order valence-corrected chi connectivity index (χ1v) is 6.07. The minimum absolute atomic E-state index is 0.152. The first kappa shape index (κ1) is 11.2. The van der Waals surface area contributed by atoms with Crippen LogP contribution in [0, 0.1) is 6.92 Å². The molecule has 2 rings (SSSR count). The smallest absolute Gasteiger partial charge is 0.141 e. The Hall–Kier alpha value is -1.27. The van der Waals surface area contributed by atoms with E-state index in [1.807, 2.05) is 12.4 Å². The number of hydrogen-bond donors (Lipinski definition) is 2. The molecule has 0 bridgehead atoms. The number of nitrogens with one attached hydrogen (secondary N) is 2. The van der Waals surface area contributed by atoms with Crippen LogP contribution < -0.4 is 5.32 Å². The zero-order valence-corrected chi connectivity index (χ0v) is 10.4. The van der Waals surface area contributed by atoms with Gasteiger partial charge in [0.1, 0.15) is 12.2 Å². The van der Waals surface area contributed by atoms with Gasteiger partial charge in [0.2, 0.25) is 0 Å². The lowest BCUT2D eigenvalue weighted by Gasteiger charge is -2.17. The quantitative estimate of drug-likeness (QED) is 0.853. The molecule has 2 N–H and O–H groups in total. The maximum atomic E-state index is 4.25. The highest BCUT2D eigenvalue weighted by molar-refractivity contribution is 7.09. The Kier molecular flexibility index (Phi) is 3.31. The molecule has 0 aliphatic rings. The Morgan fingerprint density at radius 3 is 2.69 bits per heavy atom. The summed E-state index contributed by atoms with van der Waals surface area (Å²) < 4.78 is 0. The molecule has 16 heavy (non-hydrogen) atoms. The van der Waals surface area contributed by atoms with E-state index in [1.54, 1.807) is 11.3 Å².